The number of carbonyl (C=O) groups is 2. The Kier molecular flexibility index (Phi) is 10.2. The van der Waals surface area contributed by atoms with E-state index in [2.05, 4.69) is 5.32 Å². The zero-order chi connectivity index (χ0) is 27.9. The lowest BCUT2D eigenvalue weighted by atomic mass is 10.1. The predicted octanol–water partition coefficient (Wildman–Crippen LogP) is 5.44. The van der Waals surface area contributed by atoms with Gasteiger partial charge in [0.25, 0.3) is 10.0 Å². The van der Waals surface area contributed by atoms with Crippen LogP contribution >= 0.6 is 23.2 Å². The van der Waals surface area contributed by atoms with Gasteiger partial charge in [-0.25, -0.2) is 8.42 Å². The smallest absolute Gasteiger partial charge is 0.264 e. The summed E-state index contributed by atoms with van der Waals surface area (Å²) in [5.74, 6) is -0.883. The molecule has 1 atom stereocenters. The van der Waals surface area contributed by atoms with E-state index in [1.165, 1.54) is 17.0 Å². The zero-order valence-corrected chi connectivity index (χ0v) is 23.9. The molecule has 202 valence electrons. The highest BCUT2D eigenvalue weighted by Gasteiger charge is 2.33. The van der Waals surface area contributed by atoms with Gasteiger partial charge in [0.05, 0.1) is 20.6 Å². The fraction of sp³-hybridized carbons (Fsp3) is 0.286. The van der Waals surface area contributed by atoms with Crippen LogP contribution in [0.15, 0.2) is 77.7 Å². The van der Waals surface area contributed by atoms with Gasteiger partial charge in [-0.3, -0.25) is 13.9 Å². The number of amides is 2. The van der Waals surface area contributed by atoms with Gasteiger partial charge in [0, 0.05) is 13.1 Å². The van der Waals surface area contributed by atoms with Crippen molar-refractivity contribution < 1.29 is 18.0 Å². The minimum atomic E-state index is -4.10. The number of hydrogen-bond acceptors (Lipinski definition) is 4. The molecule has 0 aromatic heterocycles. The van der Waals surface area contributed by atoms with Crippen molar-refractivity contribution in [3.8, 4) is 0 Å². The average Bonchev–Trinajstić information content (AvgIpc) is 2.91. The summed E-state index contributed by atoms with van der Waals surface area (Å²) in [7, 11) is -4.10. The molecule has 0 aliphatic carbocycles. The number of benzene rings is 3. The molecule has 7 nitrogen and oxygen atoms in total. The standard InChI is InChI=1S/C28H31Cl2N3O4S/c1-4-16-31-28(35)21(3)32(18-22-14-15-24(29)25(30)17-22)27(34)19-33(26-13-9-8-10-20(26)2)38(36,37)23-11-6-5-7-12-23/h5-15,17,21H,4,16,18-19H2,1-3H3,(H,31,35)/t21-/m0/s1. The topological polar surface area (TPSA) is 86.8 Å². The molecule has 0 radical (unpaired) electrons. The summed E-state index contributed by atoms with van der Waals surface area (Å²) >= 11 is 12.3. The van der Waals surface area contributed by atoms with E-state index in [1.54, 1.807) is 74.5 Å². The molecule has 0 aliphatic rings. The van der Waals surface area contributed by atoms with Crippen LogP contribution < -0.4 is 9.62 Å². The Labute approximate surface area is 234 Å². The molecule has 2 amide bonds. The molecule has 0 fully saturated rings. The first-order chi connectivity index (χ1) is 18.1. The molecule has 0 saturated heterocycles. The number of nitrogens with one attached hydrogen (secondary N) is 1. The van der Waals surface area contributed by atoms with Crippen molar-refractivity contribution in [3.05, 3.63) is 94.0 Å². The Morgan fingerprint density at radius 1 is 0.947 bits per heavy atom. The second-order valence-corrected chi connectivity index (χ2v) is 11.5. The average molecular weight is 577 g/mol. The quantitative estimate of drug-likeness (QED) is 0.330. The van der Waals surface area contributed by atoms with Gasteiger partial charge in [0.15, 0.2) is 0 Å². The minimum Gasteiger partial charge on any atom is -0.354 e. The molecule has 0 aliphatic heterocycles. The first-order valence-corrected chi connectivity index (χ1v) is 14.4. The van der Waals surface area contributed by atoms with Crippen LogP contribution in [0.3, 0.4) is 0 Å². The number of sulfonamides is 1. The number of nitrogens with zero attached hydrogens (tertiary/aromatic N) is 2. The molecular formula is C28H31Cl2N3O4S. The van der Waals surface area contributed by atoms with Crippen molar-refractivity contribution in [2.45, 2.75) is 44.7 Å². The number of halogens is 2. The lowest BCUT2D eigenvalue weighted by molar-refractivity contribution is -0.139. The van der Waals surface area contributed by atoms with Gasteiger partial charge in [0.2, 0.25) is 11.8 Å². The minimum absolute atomic E-state index is 0.0312. The van der Waals surface area contributed by atoms with Crippen LogP contribution in [0.25, 0.3) is 0 Å². The number of anilines is 1. The van der Waals surface area contributed by atoms with E-state index < -0.39 is 28.5 Å². The summed E-state index contributed by atoms with van der Waals surface area (Å²) in [5, 5.41) is 3.49. The van der Waals surface area contributed by atoms with E-state index in [4.69, 9.17) is 23.2 Å². The van der Waals surface area contributed by atoms with Gasteiger partial charge >= 0.3 is 0 Å². The van der Waals surface area contributed by atoms with Gasteiger partial charge < -0.3 is 10.2 Å². The first kappa shape index (κ1) is 29.5. The molecule has 0 heterocycles. The third-order valence-corrected chi connectivity index (χ3v) is 8.56. The number of carbonyl (C=O) groups excluding carboxylic acids is 2. The molecule has 0 bridgehead atoms. The van der Waals surface area contributed by atoms with Crippen molar-refractivity contribution in [3.63, 3.8) is 0 Å². The van der Waals surface area contributed by atoms with E-state index in [1.807, 2.05) is 6.92 Å². The van der Waals surface area contributed by atoms with E-state index in [9.17, 15) is 18.0 Å². The Balaban J connectivity index is 2.03. The predicted molar refractivity (Wildman–Crippen MR) is 152 cm³/mol. The van der Waals surface area contributed by atoms with Gasteiger partial charge in [-0.2, -0.15) is 0 Å². The van der Waals surface area contributed by atoms with E-state index in [-0.39, 0.29) is 17.3 Å². The fourth-order valence-electron chi connectivity index (χ4n) is 3.89. The van der Waals surface area contributed by atoms with E-state index >= 15 is 0 Å². The molecule has 38 heavy (non-hydrogen) atoms. The molecule has 1 N–H and O–H groups in total. The summed E-state index contributed by atoms with van der Waals surface area (Å²) in [5.41, 5.74) is 1.71. The summed E-state index contributed by atoms with van der Waals surface area (Å²) in [4.78, 5) is 28.2. The summed E-state index contributed by atoms with van der Waals surface area (Å²) in [6.45, 7) is 5.30. The lowest BCUT2D eigenvalue weighted by Gasteiger charge is -2.32. The Morgan fingerprint density at radius 3 is 2.24 bits per heavy atom. The van der Waals surface area contributed by atoms with Gasteiger partial charge in [-0.05, 0) is 61.7 Å². The largest absolute Gasteiger partial charge is 0.354 e. The fourth-order valence-corrected chi connectivity index (χ4v) is 5.71. The second kappa shape index (κ2) is 13.1. The zero-order valence-electron chi connectivity index (χ0n) is 21.5. The van der Waals surface area contributed by atoms with Crippen LogP contribution in [0.5, 0.6) is 0 Å². The Morgan fingerprint density at radius 2 is 1.61 bits per heavy atom. The van der Waals surface area contributed by atoms with Gasteiger partial charge in [0.1, 0.15) is 12.6 Å². The highest BCUT2D eigenvalue weighted by Crippen LogP contribution is 2.28. The number of hydrogen-bond donors (Lipinski definition) is 1. The molecular weight excluding hydrogens is 545 g/mol. The third kappa shape index (κ3) is 7.07. The van der Waals surface area contributed by atoms with Crippen molar-refractivity contribution in [1.82, 2.24) is 10.2 Å². The van der Waals surface area contributed by atoms with E-state index in [0.29, 0.717) is 33.4 Å². The molecule has 0 spiro atoms. The normalized spacial score (nSPS) is 12.0. The highest BCUT2D eigenvalue weighted by atomic mass is 35.5. The van der Waals surface area contributed by atoms with Crippen molar-refractivity contribution >= 4 is 50.7 Å². The molecule has 0 unspecified atom stereocenters. The van der Waals surface area contributed by atoms with Crippen LogP contribution in [0.2, 0.25) is 10.0 Å². The maximum atomic E-state index is 13.9. The van der Waals surface area contributed by atoms with E-state index in [0.717, 1.165) is 10.7 Å². The number of rotatable bonds is 11. The van der Waals surface area contributed by atoms with Crippen molar-refractivity contribution in [2.24, 2.45) is 0 Å². The maximum Gasteiger partial charge on any atom is 0.264 e. The molecule has 3 aromatic rings. The second-order valence-electron chi connectivity index (χ2n) is 8.85. The van der Waals surface area contributed by atoms with Crippen LogP contribution in [0.4, 0.5) is 5.69 Å². The molecule has 3 aromatic carbocycles. The number of aryl methyl sites for hydroxylation is 1. The third-order valence-electron chi connectivity index (χ3n) is 6.05. The molecule has 10 heteroatoms. The maximum absolute atomic E-state index is 13.9. The Hall–Kier alpha value is -3.07. The highest BCUT2D eigenvalue weighted by molar-refractivity contribution is 7.92. The summed E-state index contributed by atoms with van der Waals surface area (Å²) in [6, 6.07) is 19.0. The molecule has 3 rings (SSSR count). The summed E-state index contributed by atoms with van der Waals surface area (Å²) < 4.78 is 28.6. The molecule has 0 saturated carbocycles. The van der Waals surface area contributed by atoms with Crippen LogP contribution in [-0.2, 0) is 26.2 Å². The Bertz CT molecular complexity index is 1380. The van der Waals surface area contributed by atoms with Gasteiger partial charge in [-0.1, -0.05) is 72.6 Å². The van der Waals surface area contributed by atoms with Crippen molar-refractivity contribution in [2.75, 3.05) is 17.4 Å². The summed E-state index contributed by atoms with van der Waals surface area (Å²) in [6.07, 6.45) is 0.732. The van der Waals surface area contributed by atoms with Gasteiger partial charge in [-0.15, -0.1) is 0 Å². The first-order valence-electron chi connectivity index (χ1n) is 12.2. The number of para-hydroxylation sites is 1. The SMILES string of the molecule is CCCNC(=O)[C@H](C)N(Cc1ccc(Cl)c(Cl)c1)C(=O)CN(c1ccccc1C)S(=O)(=O)c1ccccc1. The lowest BCUT2D eigenvalue weighted by Crippen LogP contribution is -2.51. The van der Waals surface area contributed by atoms with Crippen LogP contribution in [0.1, 0.15) is 31.4 Å². The van der Waals surface area contributed by atoms with Crippen LogP contribution in [0, 0.1) is 6.92 Å². The van der Waals surface area contributed by atoms with Crippen LogP contribution in [-0.4, -0.2) is 44.3 Å². The van der Waals surface area contributed by atoms with Crippen molar-refractivity contribution in [1.29, 1.82) is 0 Å². The monoisotopic (exact) mass is 575 g/mol.